The number of anilines is 1. The summed E-state index contributed by atoms with van der Waals surface area (Å²) in [5.74, 6) is -0.0361. The SMILES string of the molecule is C[C@H]1C(=O)Nc2ccc(C(=O)CSc3nc4ccccc4o3)cc21. The Balaban J connectivity index is 1.49. The highest BCUT2D eigenvalue weighted by Gasteiger charge is 2.27. The van der Waals surface area contributed by atoms with Crippen LogP contribution in [0.1, 0.15) is 28.8 Å². The number of nitrogens with zero attached hydrogens (tertiary/aromatic N) is 1. The number of carbonyl (C=O) groups is 2. The first-order valence-electron chi connectivity index (χ1n) is 7.58. The molecule has 0 unspecified atom stereocenters. The number of hydrogen-bond donors (Lipinski definition) is 1. The molecule has 1 atom stereocenters. The summed E-state index contributed by atoms with van der Waals surface area (Å²) in [5.41, 5.74) is 3.75. The summed E-state index contributed by atoms with van der Waals surface area (Å²) < 4.78 is 5.60. The highest BCUT2D eigenvalue weighted by molar-refractivity contribution is 7.99. The predicted octanol–water partition coefficient (Wildman–Crippen LogP) is 3.86. The van der Waals surface area contributed by atoms with E-state index in [-0.39, 0.29) is 23.4 Å². The predicted molar refractivity (Wildman–Crippen MR) is 92.6 cm³/mol. The fourth-order valence-electron chi connectivity index (χ4n) is 2.71. The average molecular weight is 338 g/mol. The van der Waals surface area contributed by atoms with Crippen molar-refractivity contribution in [1.29, 1.82) is 0 Å². The van der Waals surface area contributed by atoms with Gasteiger partial charge in [0.2, 0.25) is 5.91 Å². The maximum atomic E-state index is 12.4. The van der Waals surface area contributed by atoms with Crippen molar-refractivity contribution in [2.75, 3.05) is 11.1 Å². The second kappa shape index (κ2) is 5.79. The molecule has 0 radical (unpaired) electrons. The third-order valence-electron chi connectivity index (χ3n) is 4.09. The summed E-state index contributed by atoms with van der Waals surface area (Å²) in [6.45, 7) is 1.84. The van der Waals surface area contributed by atoms with Gasteiger partial charge in [-0.05, 0) is 42.8 Å². The minimum Gasteiger partial charge on any atom is -0.431 e. The quantitative estimate of drug-likeness (QED) is 0.578. The van der Waals surface area contributed by atoms with E-state index in [2.05, 4.69) is 10.3 Å². The molecular weight excluding hydrogens is 324 g/mol. The molecule has 0 fully saturated rings. The zero-order valence-corrected chi connectivity index (χ0v) is 13.7. The number of thioether (sulfide) groups is 1. The lowest BCUT2D eigenvalue weighted by Gasteiger charge is -2.04. The van der Waals surface area contributed by atoms with Gasteiger partial charge in [-0.25, -0.2) is 4.98 Å². The van der Waals surface area contributed by atoms with Crippen molar-refractivity contribution in [2.45, 2.75) is 18.1 Å². The molecule has 1 aromatic heterocycles. The maximum absolute atomic E-state index is 12.4. The van der Waals surface area contributed by atoms with Gasteiger partial charge < -0.3 is 9.73 Å². The molecule has 1 aliphatic heterocycles. The Bertz CT molecular complexity index is 931. The number of rotatable bonds is 4. The van der Waals surface area contributed by atoms with E-state index in [4.69, 9.17) is 4.42 Å². The molecule has 4 rings (SSSR count). The summed E-state index contributed by atoms with van der Waals surface area (Å²) in [5, 5.41) is 3.29. The lowest BCUT2D eigenvalue weighted by molar-refractivity contribution is -0.116. The smallest absolute Gasteiger partial charge is 0.257 e. The molecule has 0 bridgehead atoms. The van der Waals surface area contributed by atoms with Crippen LogP contribution in [-0.4, -0.2) is 22.4 Å². The fraction of sp³-hybridized carbons (Fsp3) is 0.167. The number of carbonyl (C=O) groups excluding carboxylic acids is 2. The van der Waals surface area contributed by atoms with Crippen LogP contribution >= 0.6 is 11.8 Å². The molecule has 2 heterocycles. The number of fused-ring (bicyclic) bond motifs is 2. The molecule has 6 heteroatoms. The summed E-state index contributed by atoms with van der Waals surface area (Å²) in [6, 6.07) is 12.8. The van der Waals surface area contributed by atoms with Gasteiger partial charge in [0.05, 0.1) is 11.7 Å². The van der Waals surface area contributed by atoms with Gasteiger partial charge in [-0.2, -0.15) is 0 Å². The van der Waals surface area contributed by atoms with E-state index >= 15 is 0 Å². The van der Waals surface area contributed by atoms with Crippen LogP contribution in [0, 0.1) is 0 Å². The molecular formula is C18H14N2O3S. The first-order chi connectivity index (χ1) is 11.6. The lowest BCUT2D eigenvalue weighted by atomic mass is 9.99. The molecule has 1 N–H and O–H groups in total. The zero-order chi connectivity index (χ0) is 16.7. The van der Waals surface area contributed by atoms with Crippen LogP contribution in [0.25, 0.3) is 11.1 Å². The average Bonchev–Trinajstić information content (AvgIpc) is 3.13. The number of aromatic nitrogens is 1. The van der Waals surface area contributed by atoms with E-state index < -0.39 is 0 Å². The van der Waals surface area contributed by atoms with Gasteiger partial charge in [0.15, 0.2) is 11.4 Å². The second-order valence-corrected chi connectivity index (χ2v) is 6.60. The van der Waals surface area contributed by atoms with Crippen molar-refractivity contribution in [3.05, 3.63) is 53.6 Å². The minimum absolute atomic E-state index is 0.0170. The number of ketones is 1. The summed E-state index contributed by atoms with van der Waals surface area (Å²) >= 11 is 1.27. The van der Waals surface area contributed by atoms with E-state index in [1.54, 1.807) is 18.2 Å². The molecule has 2 aromatic carbocycles. The topological polar surface area (TPSA) is 72.2 Å². The first kappa shape index (κ1) is 15.0. The van der Waals surface area contributed by atoms with E-state index in [1.165, 1.54) is 11.8 Å². The Morgan fingerprint density at radius 3 is 2.96 bits per heavy atom. The first-order valence-corrected chi connectivity index (χ1v) is 8.57. The van der Waals surface area contributed by atoms with Gasteiger partial charge in [-0.15, -0.1) is 0 Å². The third-order valence-corrected chi connectivity index (χ3v) is 4.92. The molecule has 1 aliphatic rings. The van der Waals surface area contributed by atoms with Gasteiger partial charge in [-0.3, -0.25) is 9.59 Å². The molecule has 3 aromatic rings. The molecule has 1 amide bonds. The largest absolute Gasteiger partial charge is 0.431 e. The summed E-state index contributed by atoms with van der Waals surface area (Å²) in [4.78, 5) is 28.5. The van der Waals surface area contributed by atoms with Crippen LogP contribution in [0.3, 0.4) is 0 Å². The van der Waals surface area contributed by atoms with Crippen molar-refractivity contribution in [2.24, 2.45) is 0 Å². The summed E-state index contributed by atoms with van der Waals surface area (Å²) in [7, 11) is 0. The lowest BCUT2D eigenvalue weighted by Crippen LogP contribution is -2.08. The number of oxazole rings is 1. The third kappa shape index (κ3) is 2.59. The molecule has 5 nitrogen and oxygen atoms in total. The standard InChI is InChI=1S/C18H14N2O3S/c1-10-12-8-11(6-7-13(12)19-17(10)22)15(21)9-24-18-20-14-4-2-3-5-16(14)23-18/h2-8,10H,9H2,1H3,(H,19,22)/t10-/m1/s1. The number of amides is 1. The van der Waals surface area contributed by atoms with Crippen molar-refractivity contribution in [1.82, 2.24) is 4.98 Å². The fourth-order valence-corrected chi connectivity index (χ4v) is 3.45. The van der Waals surface area contributed by atoms with E-state index in [1.807, 2.05) is 31.2 Å². The molecule has 120 valence electrons. The highest BCUT2D eigenvalue weighted by Crippen LogP contribution is 2.33. The highest BCUT2D eigenvalue weighted by atomic mass is 32.2. The number of para-hydroxylation sites is 2. The van der Waals surface area contributed by atoms with Crippen LogP contribution in [0.4, 0.5) is 5.69 Å². The van der Waals surface area contributed by atoms with Gasteiger partial charge >= 0.3 is 0 Å². The summed E-state index contributed by atoms with van der Waals surface area (Å²) in [6.07, 6.45) is 0. The van der Waals surface area contributed by atoms with E-state index in [9.17, 15) is 9.59 Å². The minimum atomic E-state index is -0.225. The van der Waals surface area contributed by atoms with Crippen LogP contribution in [0.2, 0.25) is 0 Å². The van der Waals surface area contributed by atoms with Crippen molar-refractivity contribution in [3.63, 3.8) is 0 Å². The van der Waals surface area contributed by atoms with Crippen molar-refractivity contribution in [3.8, 4) is 0 Å². The van der Waals surface area contributed by atoms with E-state index in [0.29, 0.717) is 16.4 Å². The van der Waals surface area contributed by atoms with Gasteiger partial charge in [0.25, 0.3) is 5.22 Å². The van der Waals surface area contributed by atoms with Crippen LogP contribution in [-0.2, 0) is 4.79 Å². The molecule has 0 spiro atoms. The van der Waals surface area contributed by atoms with Crippen LogP contribution in [0.5, 0.6) is 0 Å². The molecule has 0 saturated heterocycles. The monoisotopic (exact) mass is 338 g/mol. The van der Waals surface area contributed by atoms with Crippen LogP contribution in [0.15, 0.2) is 52.1 Å². The number of hydrogen-bond acceptors (Lipinski definition) is 5. The molecule has 24 heavy (non-hydrogen) atoms. The molecule has 0 aliphatic carbocycles. The van der Waals surface area contributed by atoms with Crippen molar-refractivity contribution < 1.29 is 14.0 Å². The second-order valence-electron chi connectivity index (χ2n) is 5.67. The van der Waals surface area contributed by atoms with Gasteiger partial charge in [-0.1, -0.05) is 23.9 Å². The maximum Gasteiger partial charge on any atom is 0.257 e. The Morgan fingerprint density at radius 1 is 1.29 bits per heavy atom. The number of nitrogens with one attached hydrogen (secondary N) is 1. The Morgan fingerprint density at radius 2 is 2.12 bits per heavy atom. The van der Waals surface area contributed by atoms with E-state index in [0.717, 1.165) is 16.8 Å². The zero-order valence-electron chi connectivity index (χ0n) is 12.9. The Labute approximate surface area is 142 Å². The van der Waals surface area contributed by atoms with Gasteiger partial charge in [0, 0.05) is 11.3 Å². The molecule has 0 saturated carbocycles. The van der Waals surface area contributed by atoms with Crippen LogP contribution < -0.4 is 5.32 Å². The van der Waals surface area contributed by atoms with Crippen molar-refractivity contribution >= 4 is 40.2 Å². The number of Topliss-reactive ketones (excluding diaryl/α,β-unsaturated/α-hetero) is 1. The normalized spacial score (nSPS) is 16.2. The Kier molecular flexibility index (Phi) is 3.61. The number of benzene rings is 2. The van der Waals surface area contributed by atoms with Gasteiger partial charge in [0.1, 0.15) is 5.52 Å². The Hall–Kier alpha value is -2.60.